The van der Waals surface area contributed by atoms with Crippen molar-refractivity contribution in [2.45, 2.75) is 13.0 Å². The van der Waals surface area contributed by atoms with Crippen molar-refractivity contribution in [3.8, 4) is 34.5 Å². The van der Waals surface area contributed by atoms with Crippen molar-refractivity contribution in [1.29, 1.82) is 0 Å². The van der Waals surface area contributed by atoms with E-state index in [9.17, 15) is 14.9 Å². The summed E-state index contributed by atoms with van der Waals surface area (Å²) < 4.78 is 39.7. The normalized spacial score (nSPS) is 16.4. The maximum Gasteiger partial charge on any atom is 0.334 e. The van der Waals surface area contributed by atoms with Crippen LogP contribution < -0.4 is 28.4 Å². The van der Waals surface area contributed by atoms with Crippen LogP contribution in [0, 0.1) is 16.0 Å². The van der Waals surface area contributed by atoms with E-state index in [0.717, 1.165) is 5.56 Å². The molecule has 41 heavy (non-hydrogen) atoms. The molecule has 3 aromatic carbocycles. The number of nitro groups is 1. The van der Waals surface area contributed by atoms with Gasteiger partial charge in [0.05, 0.1) is 37.3 Å². The minimum absolute atomic E-state index is 0.0139. The van der Waals surface area contributed by atoms with Crippen LogP contribution in [0.4, 0.5) is 5.69 Å². The molecular weight excluding hydrogens is 602 g/mol. The van der Waals surface area contributed by atoms with Gasteiger partial charge in [0.1, 0.15) is 6.61 Å². The van der Waals surface area contributed by atoms with Gasteiger partial charge in [-0.2, -0.15) is 0 Å². The average Bonchev–Trinajstić information content (AvgIpc) is 3.59. The van der Waals surface area contributed by atoms with Crippen molar-refractivity contribution < 1.29 is 42.9 Å². The van der Waals surface area contributed by atoms with Crippen LogP contribution in [-0.4, -0.2) is 45.6 Å². The lowest BCUT2D eigenvalue weighted by molar-refractivity contribution is -0.384. The summed E-state index contributed by atoms with van der Waals surface area (Å²) in [6.07, 6.45) is 2.24. The first kappa shape index (κ1) is 28.1. The van der Waals surface area contributed by atoms with Gasteiger partial charge in [-0.05, 0) is 75.4 Å². The number of non-ortho nitro benzene ring substituents is 1. The molecule has 0 unspecified atom stereocenters. The van der Waals surface area contributed by atoms with Gasteiger partial charge in [0, 0.05) is 23.6 Å². The van der Waals surface area contributed by atoms with E-state index in [-0.39, 0.29) is 31.6 Å². The molecular formula is C29H26BrNO10. The van der Waals surface area contributed by atoms with E-state index in [0.29, 0.717) is 62.1 Å². The van der Waals surface area contributed by atoms with Gasteiger partial charge < -0.3 is 33.2 Å². The fourth-order valence-corrected chi connectivity index (χ4v) is 5.20. The Morgan fingerprint density at radius 3 is 2.41 bits per heavy atom. The highest BCUT2D eigenvalue weighted by atomic mass is 79.9. The molecule has 2 aliphatic rings. The van der Waals surface area contributed by atoms with Gasteiger partial charge in [-0.3, -0.25) is 10.1 Å². The number of ether oxygens (including phenoxy) is 7. The third kappa shape index (κ3) is 5.73. The number of nitro benzene ring substituents is 1. The third-order valence-electron chi connectivity index (χ3n) is 6.73. The summed E-state index contributed by atoms with van der Waals surface area (Å²) in [4.78, 5) is 23.4. The Kier molecular flexibility index (Phi) is 8.20. The number of esters is 1. The number of cyclic esters (lactones) is 1. The molecule has 5 rings (SSSR count). The van der Waals surface area contributed by atoms with Crippen LogP contribution in [0.25, 0.3) is 6.08 Å². The zero-order chi connectivity index (χ0) is 29.1. The van der Waals surface area contributed by atoms with Gasteiger partial charge in [-0.15, -0.1) is 0 Å². The SMILES string of the molecule is COc1cc(C[C@H]2COC(=O)/C2=C/c2cc(OC)c(OC)c(OCc3ccc([N+](=O)[O-])cc3)c2Br)cc2c1OCO2. The Labute approximate surface area is 243 Å². The number of halogens is 1. The largest absolute Gasteiger partial charge is 0.493 e. The fourth-order valence-electron chi connectivity index (χ4n) is 4.68. The molecule has 0 N–H and O–H groups in total. The van der Waals surface area contributed by atoms with Crippen LogP contribution in [0.3, 0.4) is 0 Å². The van der Waals surface area contributed by atoms with Crippen LogP contribution in [0.1, 0.15) is 16.7 Å². The molecule has 0 saturated carbocycles. The molecule has 214 valence electrons. The van der Waals surface area contributed by atoms with Crippen LogP contribution in [-0.2, 0) is 22.6 Å². The maximum absolute atomic E-state index is 12.8. The van der Waals surface area contributed by atoms with E-state index >= 15 is 0 Å². The maximum atomic E-state index is 12.8. The number of methoxy groups -OCH3 is 3. The zero-order valence-electron chi connectivity index (χ0n) is 22.4. The smallest absolute Gasteiger partial charge is 0.334 e. The van der Waals surface area contributed by atoms with E-state index in [1.54, 1.807) is 31.4 Å². The Morgan fingerprint density at radius 1 is 0.976 bits per heavy atom. The number of fused-ring (bicyclic) bond motifs is 1. The second kappa shape index (κ2) is 12.0. The third-order valence-corrected chi connectivity index (χ3v) is 7.54. The lowest BCUT2D eigenvalue weighted by Crippen LogP contribution is -2.08. The fraction of sp³-hybridized carbons (Fsp3) is 0.276. The lowest BCUT2D eigenvalue weighted by Gasteiger charge is -2.18. The van der Waals surface area contributed by atoms with E-state index in [4.69, 9.17) is 33.2 Å². The topological polar surface area (TPSA) is 125 Å². The van der Waals surface area contributed by atoms with Crippen molar-refractivity contribution >= 4 is 33.7 Å². The Bertz CT molecular complexity index is 1520. The number of nitrogens with zero attached hydrogens (tertiary/aromatic N) is 1. The number of carbonyl (C=O) groups excluding carboxylic acids is 1. The summed E-state index contributed by atoms with van der Waals surface area (Å²) in [5, 5.41) is 11.0. The van der Waals surface area contributed by atoms with Gasteiger partial charge in [0.2, 0.25) is 18.3 Å². The molecule has 12 heteroatoms. The molecule has 0 radical (unpaired) electrons. The zero-order valence-corrected chi connectivity index (χ0v) is 24.0. The summed E-state index contributed by atoms with van der Waals surface area (Å²) in [5.41, 5.74) is 2.70. The minimum Gasteiger partial charge on any atom is -0.493 e. The van der Waals surface area contributed by atoms with Gasteiger partial charge >= 0.3 is 5.97 Å². The first-order valence-electron chi connectivity index (χ1n) is 12.5. The molecule has 1 saturated heterocycles. The number of carbonyl (C=O) groups is 1. The summed E-state index contributed by atoms with van der Waals surface area (Å²) in [6, 6.07) is 11.5. The molecule has 0 amide bonds. The second-order valence-corrected chi connectivity index (χ2v) is 9.98. The van der Waals surface area contributed by atoms with E-state index in [1.165, 1.54) is 26.4 Å². The minimum atomic E-state index is -0.462. The monoisotopic (exact) mass is 627 g/mol. The number of benzene rings is 3. The van der Waals surface area contributed by atoms with Crippen LogP contribution in [0.5, 0.6) is 34.5 Å². The molecule has 2 aliphatic heterocycles. The summed E-state index contributed by atoms with van der Waals surface area (Å²) in [7, 11) is 4.55. The molecule has 11 nitrogen and oxygen atoms in total. The van der Waals surface area contributed by atoms with Crippen LogP contribution in [0.15, 0.2) is 52.5 Å². The van der Waals surface area contributed by atoms with Crippen LogP contribution >= 0.6 is 15.9 Å². The molecule has 0 aromatic heterocycles. The van der Waals surface area contributed by atoms with Gasteiger partial charge in [0.15, 0.2) is 23.0 Å². The Hall–Kier alpha value is -4.45. The van der Waals surface area contributed by atoms with E-state index in [1.807, 2.05) is 12.1 Å². The van der Waals surface area contributed by atoms with Gasteiger partial charge in [-0.1, -0.05) is 0 Å². The van der Waals surface area contributed by atoms with Crippen molar-refractivity contribution in [1.82, 2.24) is 0 Å². The molecule has 0 bridgehead atoms. The highest BCUT2D eigenvalue weighted by Gasteiger charge is 2.32. The molecule has 1 atom stereocenters. The van der Waals surface area contributed by atoms with Gasteiger partial charge in [0.25, 0.3) is 5.69 Å². The lowest BCUT2D eigenvalue weighted by atomic mass is 9.92. The van der Waals surface area contributed by atoms with Gasteiger partial charge in [-0.25, -0.2) is 4.79 Å². The van der Waals surface area contributed by atoms with E-state index in [2.05, 4.69) is 15.9 Å². The molecule has 0 aliphatic carbocycles. The molecule has 3 aromatic rings. The quantitative estimate of drug-likeness (QED) is 0.123. The predicted octanol–water partition coefficient (Wildman–Crippen LogP) is 5.49. The molecule has 0 spiro atoms. The first-order valence-corrected chi connectivity index (χ1v) is 13.3. The Balaban J connectivity index is 1.45. The predicted molar refractivity (Wildman–Crippen MR) is 150 cm³/mol. The highest BCUT2D eigenvalue weighted by Crippen LogP contribution is 2.47. The highest BCUT2D eigenvalue weighted by molar-refractivity contribution is 9.10. The summed E-state index contributed by atoms with van der Waals surface area (Å²) in [6.45, 7) is 0.440. The molecule has 1 fully saturated rings. The standard InChI is InChI=1S/C29H26BrNO10/c1-35-22-9-17(10-24-26(22)41-15-40-24)8-19-14-39-29(32)21(19)11-18-12-23(36-2)27(37-3)28(25(18)30)38-13-16-4-6-20(7-5-16)31(33)34/h4-7,9-12,19H,8,13-15H2,1-3H3/b21-11+/t19-/m0/s1. The summed E-state index contributed by atoms with van der Waals surface area (Å²) in [5.74, 6) is 2.14. The number of hydrogen-bond donors (Lipinski definition) is 0. The van der Waals surface area contributed by atoms with Crippen LogP contribution in [0.2, 0.25) is 0 Å². The van der Waals surface area contributed by atoms with E-state index < -0.39 is 10.9 Å². The number of hydrogen-bond acceptors (Lipinski definition) is 10. The van der Waals surface area contributed by atoms with Crippen molar-refractivity contribution in [3.63, 3.8) is 0 Å². The number of rotatable bonds is 10. The second-order valence-electron chi connectivity index (χ2n) is 9.19. The summed E-state index contributed by atoms with van der Waals surface area (Å²) >= 11 is 3.61. The average molecular weight is 628 g/mol. The van der Waals surface area contributed by atoms with Crippen molar-refractivity contribution in [3.05, 3.63) is 79.3 Å². The first-order chi connectivity index (χ1) is 19.8. The Morgan fingerprint density at radius 2 is 1.73 bits per heavy atom. The molecule has 2 heterocycles. The van der Waals surface area contributed by atoms with Crippen molar-refractivity contribution in [2.75, 3.05) is 34.7 Å². The van der Waals surface area contributed by atoms with Crippen molar-refractivity contribution in [2.24, 2.45) is 5.92 Å².